The summed E-state index contributed by atoms with van der Waals surface area (Å²) in [4.78, 5) is 24.2. The van der Waals surface area contributed by atoms with Crippen LogP contribution in [-0.2, 0) is 11.3 Å². The van der Waals surface area contributed by atoms with Gasteiger partial charge in [0.1, 0.15) is 24.7 Å². The smallest absolute Gasteiger partial charge is 0.267 e. The quantitative estimate of drug-likeness (QED) is 0.574. The number of hydrogen-bond donors (Lipinski definition) is 1. The Morgan fingerprint density at radius 2 is 1.72 bits per heavy atom. The van der Waals surface area contributed by atoms with Crippen LogP contribution in [0.3, 0.4) is 0 Å². The van der Waals surface area contributed by atoms with Gasteiger partial charge in [-0.2, -0.15) is 5.10 Å². The molecule has 2 aromatic carbocycles. The highest BCUT2D eigenvalue weighted by Gasteiger charge is 2.08. The number of ether oxygens (including phenoxy) is 2. The van der Waals surface area contributed by atoms with Crippen molar-refractivity contribution in [2.24, 2.45) is 0 Å². The van der Waals surface area contributed by atoms with E-state index in [1.54, 1.807) is 61.7 Å². The fourth-order valence-corrected chi connectivity index (χ4v) is 2.69. The topological polar surface area (TPSA) is 82.4 Å². The molecule has 8 heteroatoms. The van der Waals surface area contributed by atoms with Gasteiger partial charge in [-0.15, -0.1) is 0 Å². The van der Waals surface area contributed by atoms with Gasteiger partial charge >= 0.3 is 0 Å². The molecule has 0 fully saturated rings. The van der Waals surface area contributed by atoms with Crippen molar-refractivity contribution in [1.29, 1.82) is 0 Å². The minimum absolute atomic E-state index is 0.178. The van der Waals surface area contributed by atoms with E-state index >= 15 is 0 Å². The molecule has 7 nitrogen and oxygen atoms in total. The number of nitrogens with zero attached hydrogens (tertiary/aromatic N) is 2. The summed E-state index contributed by atoms with van der Waals surface area (Å²) in [5.41, 5.74) is 1.03. The third-order valence-electron chi connectivity index (χ3n) is 4.05. The first-order chi connectivity index (χ1) is 14.0. The summed E-state index contributed by atoms with van der Waals surface area (Å²) in [6.07, 6.45) is 0. The van der Waals surface area contributed by atoms with Gasteiger partial charge in [0.15, 0.2) is 0 Å². The summed E-state index contributed by atoms with van der Waals surface area (Å²) in [7, 11) is 1.59. The van der Waals surface area contributed by atoms with Crippen molar-refractivity contribution in [2.75, 3.05) is 20.3 Å². The Kier molecular flexibility index (Phi) is 6.86. The van der Waals surface area contributed by atoms with E-state index in [2.05, 4.69) is 10.4 Å². The summed E-state index contributed by atoms with van der Waals surface area (Å²) in [6, 6.07) is 17.2. The average molecular weight is 414 g/mol. The number of aromatic nitrogens is 2. The third-order valence-corrected chi connectivity index (χ3v) is 4.30. The lowest BCUT2D eigenvalue weighted by atomic mass is 10.1. The Morgan fingerprint density at radius 1 is 1.03 bits per heavy atom. The normalized spacial score (nSPS) is 10.4. The largest absolute Gasteiger partial charge is 0.497 e. The van der Waals surface area contributed by atoms with E-state index in [1.165, 1.54) is 6.07 Å². The third kappa shape index (κ3) is 5.83. The molecule has 29 heavy (non-hydrogen) atoms. The Hall–Kier alpha value is -3.32. The maximum Gasteiger partial charge on any atom is 0.267 e. The molecule has 3 rings (SSSR count). The molecule has 0 saturated heterocycles. The number of carbonyl (C=O) groups excluding carboxylic acids is 1. The van der Waals surface area contributed by atoms with Crippen LogP contribution in [-0.4, -0.2) is 35.9 Å². The van der Waals surface area contributed by atoms with Crippen LogP contribution in [0.2, 0.25) is 5.02 Å². The molecule has 0 atom stereocenters. The highest BCUT2D eigenvalue weighted by atomic mass is 35.5. The number of benzene rings is 2. The summed E-state index contributed by atoms with van der Waals surface area (Å²) >= 11 is 5.89. The van der Waals surface area contributed by atoms with Gasteiger partial charge in [-0.3, -0.25) is 9.59 Å². The molecule has 1 N–H and O–H groups in total. The summed E-state index contributed by atoms with van der Waals surface area (Å²) in [5.74, 6) is 1.09. The van der Waals surface area contributed by atoms with Gasteiger partial charge in [-0.05, 0) is 42.5 Å². The zero-order valence-electron chi connectivity index (χ0n) is 15.8. The lowest BCUT2D eigenvalue weighted by Gasteiger charge is -2.10. The SMILES string of the molecule is COc1ccc(OCCNC(=O)Cn2nc(-c3ccc(Cl)cc3)ccc2=O)cc1. The lowest BCUT2D eigenvalue weighted by Crippen LogP contribution is -2.35. The summed E-state index contributed by atoms with van der Waals surface area (Å²) < 4.78 is 11.8. The molecule has 0 unspecified atom stereocenters. The van der Waals surface area contributed by atoms with Gasteiger partial charge in [0.2, 0.25) is 5.91 Å². The van der Waals surface area contributed by atoms with Gasteiger partial charge < -0.3 is 14.8 Å². The van der Waals surface area contributed by atoms with Crippen LogP contribution in [0.4, 0.5) is 0 Å². The van der Waals surface area contributed by atoms with Crippen molar-refractivity contribution in [3.63, 3.8) is 0 Å². The Balaban J connectivity index is 1.52. The molecular formula is C21H20ClN3O4. The molecule has 0 bridgehead atoms. The van der Waals surface area contributed by atoms with Crippen molar-refractivity contribution >= 4 is 17.5 Å². The first-order valence-electron chi connectivity index (χ1n) is 8.93. The number of carbonyl (C=O) groups is 1. The van der Waals surface area contributed by atoms with E-state index in [0.29, 0.717) is 29.6 Å². The zero-order chi connectivity index (χ0) is 20.6. The van der Waals surface area contributed by atoms with E-state index < -0.39 is 0 Å². The summed E-state index contributed by atoms with van der Waals surface area (Å²) in [5, 5.41) is 7.58. The maximum atomic E-state index is 12.2. The van der Waals surface area contributed by atoms with E-state index in [9.17, 15) is 9.59 Å². The number of nitrogens with one attached hydrogen (secondary N) is 1. The average Bonchev–Trinajstić information content (AvgIpc) is 2.74. The molecule has 0 saturated carbocycles. The second-order valence-corrected chi connectivity index (χ2v) is 6.53. The molecule has 0 spiro atoms. The van der Waals surface area contributed by atoms with Crippen molar-refractivity contribution in [2.45, 2.75) is 6.54 Å². The van der Waals surface area contributed by atoms with Gasteiger partial charge in [-0.1, -0.05) is 23.7 Å². The van der Waals surface area contributed by atoms with Gasteiger partial charge in [0.25, 0.3) is 5.56 Å². The van der Waals surface area contributed by atoms with Crippen molar-refractivity contribution in [3.8, 4) is 22.8 Å². The number of rotatable bonds is 8. The first kappa shape index (κ1) is 20.4. The van der Waals surface area contributed by atoms with Crippen LogP contribution in [0.5, 0.6) is 11.5 Å². The number of hydrogen-bond acceptors (Lipinski definition) is 5. The molecule has 0 aliphatic carbocycles. The molecular weight excluding hydrogens is 394 g/mol. The molecule has 3 aromatic rings. The van der Waals surface area contributed by atoms with E-state index in [-0.39, 0.29) is 18.0 Å². The van der Waals surface area contributed by atoms with Crippen molar-refractivity contribution in [1.82, 2.24) is 15.1 Å². The second-order valence-electron chi connectivity index (χ2n) is 6.10. The van der Waals surface area contributed by atoms with Crippen LogP contribution in [0.15, 0.2) is 65.5 Å². The van der Waals surface area contributed by atoms with Crippen LogP contribution < -0.4 is 20.3 Å². The van der Waals surface area contributed by atoms with E-state index in [4.69, 9.17) is 21.1 Å². The van der Waals surface area contributed by atoms with Gasteiger partial charge in [0, 0.05) is 16.7 Å². The van der Waals surface area contributed by atoms with Crippen LogP contribution in [0.25, 0.3) is 11.3 Å². The molecule has 1 heterocycles. The zero-order valence-corrected chi connectivity index (χ0v) is 16.6. The molecule has 150 valence electrons. The second kappa shape index (κ2) is 9.75. The van der Waals surface area contributed by atoms with Crippen LogP contribution >= 0.6 is 11.6 Å². The fraction of sp³-hybridized carbons (Fsp3) is 0.190. The predicted molar refractivity (Wildman–Crippen MR) is 110 cm³/mol. The lowest BCUT2D eigenvalue weighted by molar-refractivity contribution is -0.122. The molecule has 0 aliphatic heterocycles. The highest BCUT2D eigenvalue weighted by molar-refractivity contribution is 6.30. The van der Waals surface area contributed by atoms with E-state index in [1.807, 2.05) is 0 Å². The highest BCUT2D eigenvalue weighted by Crippen LogP contribution is 2.18. The van der Waals surface area contributed by atoms with Gasteiger partial charge in [0.05, 0.1) is 19.3 Å². The fourth-order valence-electron chi connectivity index (χ4n) is 2.56. The predicted octanol–water partition coefficient (Wildman–Crippen LogP) is 2.77. The Bertz CT molecular complexity index is 1020. The summed E-state index contributed by atoms with van der Waals surface area (Å²) in [6.45, 7) is 0.421. The van der Waals surface area contributed by atoms with Crippen molar-refractivity contribution < 1.29 is 14.3 Å². The Morgan fingerprint density at radius 3 is 2.41 bits per heavy atom. The monoisotopic (exact) mass is 413 g/mol. The number of methoxy groups -OCH3 is 1. The molecule has 1 aromatic heterocycles. The maximum absolute atomic E-state index is 12.2. The minimum atomic E-state index is -0.354. The van der Waals surface area contributed by atoms with Crippen LogP contribution in [0, 0.1) is 0 Å². The molecule has 0 aliphatic rings. The number of amides is 1. The standard InChI is InChI=1S/C21H20ClN3O4/c1-28-17-6-8-18(9-7-17)29-13-12-23-20(26)14-25-21(27)11-10-19(24-25)15-2-4-16(22)5-3-15/h2-11H,12-14H2,1H3,(H,23,26). The Labute approximate surface area is 172 Å². The molecule has 0 radical (unpaired) electrons. The minimum Gasteiger partial charge on any atom is -0.497 e. The number of halogens is 1. The first-order valence-corrected chi connectivity index (χ1v) is 9.30. The van der Waals surface area contributed by atoms with Crippen LogP contribution in [0.1, 0.15) is 0 Å². The van der Waals surface area contributed by atoms with Crippen molar-refractivity contribution in [3.05, 3.63) is 76.0 Å². The van der Waals surface area contributed by atoms with Gasteiger partial charge in [-0.25, -0.2) is 4.68 Å². The van der Waals surface area contributed by atoms with E-state index in [0.717, 1.165) is 16.0 Å². The molecule has 1 amide bonds.